The second-order valence-electron chi connectivity index (χ2n) is 4.37. The number of benzene rings is 1. The molecule has 0 radical (unpaired) electrons. The van der Waals surface area contributed by atoms with Crippen LogP contribution in [-0.2, 0) is 20.7 Å². The predicted octanol–water partition coefficient (Wildman–Crippen LogP) is 1.71. The molecule has 1 heterocycles. The van der Waals surface area contributed by atoms with Gasteiger partial charge in [0.1, 0.15) is 0 Å². The van der Waals surface area contributed by atoms with Crippen LogP contribution in [0.1, 0.15) is 25.7 Å². The Balaban J connectivity index is 1.78. The van der Waals surface area contributed by atoms with Gasteiger partial charge in [-0.1, -0.05) is 0 Å². The summed E-state index contributed by atoms with van der Waals surface area (Å²) < 4.78 is 23.2. The van der Waals surface area contributed by atoms with Crippen LogP contribution in [0.5, 0.6) is 0 Å². The van der Waals surface area contributed by atoms with E-state index in [1.165, 1.54) is 4.46 Å². The van der Waals surface area contributed by atoms with Gasteiger partial charge in [0, 0.05) is 0 Å². The van der Waals surface area contributed by atoms with Gasteiger partial charge >= 0.3 is 124 Å². The van der Waals surface area contributed by atoms with E-state index < -0.39 is 0 Å². The van der Waals surface area contributed by atoms with Crippen LogP contribution >= 0.6 is 0 Å². The van der Waals surface area contributed by atoms with Crippen molar-refractivity contribution in [2.75, 3.05) is 6.61 Å². The van der Waals surface area contributed by atoms with Gasteiger partial charge in [-0.05, 0) is 0 Å². The molecule has 1 aromatic carbocycles. The molecule has 5 heteroatoms. The van der Waals surface area contributed by atoms with Gasteiger partial charge in [0.15, 0.2) is 0 Å². The molecule has 1 atom stereocenters. The molecule has 0 spiro atoms. The average molecular weight is 345 g/mol. The molecule has 0 bridgehead atoms. The first kappa shape index (κ1) is 14.9. The minimum absolute atomic E-state index is 0.141. The molecule has 0 saturated carbocycles. The summed E-state index contributed by atoms with van der Waals surface area (Å²) in [4.78, 5) is 0. The molecule has 0 N–H and O–H groups in total. The Hall–Kier alpha value is -0.451. The van der Waals surface area contributed by atoms with E-state index in [1.54, 1.807) is 0 Å². The van der Waals surface area contributed by atoms with E-state index in [1.807, 2.05) is 6.07 Å². The number of rotatable bonds is 4. The van der Waals surface area contributed by atoms with Crippen LogP contribution in [0, 0.1) is 0 Å². The fraction of sp³-hybridized carbons (Fsp3) is 0.500. The molecule has 104 valence electrons. The van der Waals surface area contributed by atoms with Crippen LogP contribution in [0.2, 0.25) is 5.32 Å². The summed E-state index contributed by atoms with van der Waals surface area (Å²) in [5.74, 6) is 0. The van der Waals surface area contributed by atoms with Gasteiger partial charge in [-0.3, -0.25) is 0 Å². The summed E-state index contributed by atoms with van der Waals surface area (Å²) in [6, 6.07) is 10.6. The van der Waals surface area contributed by atoms with E-state index in [4.69, 9.17) is 9.47 Å². The Labute approximate surface area is 123 Å². The van der Waals surface area contributed by atoms with E-state index in [-0.39, 0.29) is 11.3 Å². The van der Waals surface area contributed by atoms with E-state index >= 15 is 0 Å². The first-order chi connectivity index (χ1) is 9.38. The molecule has 19 heavy (non-hydrogen) atoms. The Morgan fingerprint density at radius 2 is 2.11 bits per heavy atom. The SMILES string of the molecule is O=S=C1OCCCCC(CC[Se]c2ccccc2)O1. The predicted molar refractivity (Wildman–Crippen MR) is 79.1 cm³/mol. The van der Waals surface area contributed by atoms with Crippen LogP contribution in [-0.4, -0.2) is 37.1 Å². The van der Waals surface area contributed by atoms with Crippen molar-refractivity contribution >= 4 is 35.9 Å². The molecule has 0 aromatic heterocycles. The van der Waals surface area contributed by atoms with Gasteiger partial charge in [0.25, 0.3) is 0 Å². The van der Waals surface area contributed by atoms with Crippen molar-refractivity contribution in [1.82, 2.24) is 0 Å². The normalized spacial score (nSPS) is 20.6. The van der Waals surface area contributed by atoms with Gasteiger partial charge in [0.05, 0.1) is 0 Å². The molecule has 0 amide bonds. The molecular formula is C14H18O3SSe. The zero-order valence-corrected chi connectivity index (χ0v) is 13.3. The second kappa shape index (κ2) is 8.67. The van der Waals surface area contributed by atoms with Crippen LogP contribution in [0.3, 0.4) is 0 Å². The molecule has 1 aliphatic heterocycles. The van der Waals surface area contributed by atoms with Crippen molar-refractivity contribution in [3.8, 4) is 0 Å². The molecule has 1 aromatic rings. The second-order valence-corrected chi connectivity index (χ2v) is 7.32. The summed E-state index contributed by atoms with van der Waals surface area (Å²) in [7, 11) is 0. The van der Waals surface area contributed by atoms with Gasteiger partial charge in [-0.25, -0.2) is 0 Å². The maximum atomic E-state index is 10.8. The fourth-order valence-electron chi connectivity index (χ4n) is 1.93. The molecule has 1 fully saturated rings. The zero-order valence-electron chi connectivity index (χ0n) is 10.7. The number of ether oxygens (including phenoxy) is 2. The van der Waals surface area contributed by atoms with Crippen LogP contribution in [0.4, 0.5) is 0 Å². The summed E-state index contributed by atoms with van der Waals surface area (Å²) in [5.41, 5.74) is 0. The van der Waals surface area contributed by atoms with Crippen molar-refractivity contribution in [2.45, 2.75) is 37.1 Å². The Kier molecular flexibility index (Phi) is 6.82. The molecule has 0 aliphatic carbocycles. The number of hydrogen-bond acceptors (Lipinski definition) is 3. The first-order valence-corrected chi connectivity index (χ1v) is 9.33. The fourth-order valence-corrected chi connectivity index (χ4v) is 4.26. The van der Waals surface area contributed by atoms with Gasteiger partial charge in [-0.2, -0.15) is 0 Å². The zero-order chi connectivity index (χ0) is 13.3. The van der Waals surface area contributed by atoms with Crippen molar-refractivity contribution < 1.29 is 13.7 Å². The van der Waals surface area contributed by atoms with E-state index in [0.29, 0.717) is 32.8 Å². The maximum absolute atomic E-state index is 10.8. The van der Waals surface area contributed by atoms with Crippen LogP contribution < -0.4 is 4.46 Å². The Morgan fingerprint density at radius 1 is 1.26 bits per heavy atom. The number of hydrogen-bond donors (Lipinski definition) is 0. The molecule has 2 rings (SSSR count). The molecule has 3 nitrogen and oxygen atoms in total. The van der Waals surface area contributed by atoms with Crippen molar-refractivity contribution in [3.63, 3.8) is 0 Å². The summed E-state index contributed by atoms with van der Waals surface area (Å²) in [5, 5.41) is 1.34. The molecule has 1 unspecified atom stereocenters. The van der Waals surface area contributed by atoms with E-state index in [0.717, 1.165) is 31.0 Å². The quantitative estimate of drug-likeness (QED) is 0.616. The van der Waals surface area contributed by atoms with Gasteiger partial charge < -0.3 is 0 Å². The van der Waals surface area contributed by atoms with Crippen molar-refractivity contribution in [3.05, 3.63) is 30.3 Å². The third-order valence-corrected chi connectivity index (χ3v) is 5.47. The van der Waals surface area contributed by atoms with E-state index in [2.05, 4.69) is 24.3 Å². The van der Waals surface area contributed by atoms with Gasteiger partial charge in [-0.15, -0.1) is 0 Å². The average Bonchev–Trinajstić information content (AvgIpc) is 2.42. The topological polar surface area (TPSA) is 35.5 Å². The minimum atomic E-state index is 0.141. The first-order valence-electron chi connectivity index (χ1n) is 6.52. The molecular weight excluding hydrogens is 327 g/mol. The summed E-state index contributed by atoms with van der Waals surface area (Å²) in [6.45, 7) is 0.602. The van der Waals surface area contributed by atoms with E-state index in [9.17, 15) is 4.21 Å². The van der Waals surface area contributed by atoms with Crippen LogP contribution in [0.15, 0.2) is 30.3 Å². The van der Waals surface area contributed by atoms with Crippen LogP contribution in [0.25, 0.3) is 0 Å². The molecule has 1 saturated heterocycles. The Morgan fingerprint density at radius 3 is 2.89 bits per heavy atom. The summed E-state index contributed by atoms with van der Waals surface area (Å²) in [6.07, 6.45) is 4.29. The summed E-state index contributed by atoms with van der Waals surface area (Å²) >= 11 is 0.814. The Bertz CT molecular complexity index is 432. The van der Waals surface area contributed by atoms with Crippen molar-refractivity contribution in [1.29, 1.82) is 0 Å². The standard InChI is InChI=1S/C14H18O3SSe/c15-18-14-16-10-5-4-6-12(17-14)9-11-19-13-7-2-1-3-8-13/h1-3,7-8,12H,4-6,9-11H2. The molecule has 1 aliphatic rings. The monoisotopic (exact) mass is 346 g/mol. The van der Waals surface area contributed by atoms with Crippen molar-refractivity contribution in [2.24, 2.45) is 0 Å². The van der Waals surface area contributed by atoms with Gasteiger partial charge in [0.2, 0.25) is 0 Å². The third kappa shape index (κ3) is 5.59. The third-order valence-electron chi connectivity index (χ3n) is 2.92.